The van der Waals surface area contributed by atoms with Crippen molar-refractivity contribution in [1.82, 2.24) is 0 Å². The molecule has 0 bridgehead atoms. The van der Waals surface area contributed by atoms with Crippen LogP contribution in [0, 0.1) is 6.42 Å². The molecule has 0 aliphatic heterocycles. The van der Waals surface area contributed by atoms with Crippen LogP contribution in [0.4, 0.5) is 5.69 Å². The maximum atomic E-state index is 4.93. The number of nitrogens with zero attached hydrogens (tertiary/aromatic N) is 1. The first-order valence-corrected chi connectivity index (χ1v) is 10.8. The number of hydrogen-bond donors (Lipinski definition) is 0. The van der Waals surface area contributed by atoms with E-state index in [1.54, 1.807) is 0 Å². The van der Waals surface area contributed by atoms with Crippen molar-refractivity contribution in [2.75, 3.05) is 19.0 Å². The van der Waals surface area contributed by atoms with Crippen LogP contribution in [0.3, 0.4) is 0 Å². The van der Waals surface area contributed by atoms with E-state index in [0.29, 0.717) is 0 Å². The molecule has 0 saturated carbocycles. The summed E-state index contributed by atoms with van der Waals surface area (Å²) in [4.78, 5) is 2.12. The monoisotopic (exact) mass is 318 g/mol. The topological polar surface area (TPSA) is 3.24 Å². The maximum absolute atomic E-state index is 4.93. The Balaban J connectivity index is 0.000000337. The van der Waals surface area contributed by atoms with Gasteiger partial charge in [0.25, 0.3) is 0 Å². The molecule has 1 radical (unpaired) electrons. The Hall–Kier alpha value is 0.223. The summed E-state index contributed by atoms with van der Waals surface area (Å²) in [5.41, 5.74) is 3.90. The fourth-order valence-electron chi connectivity index (χ4n) is 1.39. The number of benzene rings is 1. The average Bonchev–Trinajstić information content (AvgIpc) is 2.65. The predicted molar refractivity (Wildman–Crippen MR) is 64.9 cm³/mol. The fraction of sp³-hybridized carbons (Fsp3) is 0.182. The first-order chi connectivity index (χ1) is 7.19. The van der Waals surface area contributed by atoms with Crippen molar-refractivity contribution >= 4 is 28.8 Å². The molecule has 0 saturated heterocycles. The van der Waals surface area contributed by atoms with Gasteiger partial charge in [-0.15, -0.1) is 0 Å². The molecular formula is C11H12Cl2NZr. The van der Waals surface area contributed by atoms with Crippen LogP contribution in [-0.2, 0) is 20.8 Å². The van der Waals surface area contributed by atoms with Crippen molar-refractivity contribution in [3.63, 3.8) is 0 Å². The molecule has 1 nitrogen and oxygen atoms in total. The van der Waals surface area contributed by atoms with Gasteiger partial charge in [0.2, 0.25) is 0 Å². The van der Waals surface area contributed by atoms with Crippen molar-refractivity contribution in [2.45, 2.75) is 0 Å². The molecule has 0 unspecified atom stereocenters. The van der Waals surface area contributed by atoms with Crippen LogP contribution in [0.15, 0.2) is 24.3 Å². The third-order valence-electron chi connectivity index (χ3n) is 2.14. The van der Waals surface area contributed by atoms with E-state index in [1.165, 1.54) is 16.8 Å². The van der Waals surface area contributed by atoms with E-state index in [4.69, 9.17) is 17.0 Å². The molecule has 0 spiro atoms. The second-order valence-electron chi connectivity index (χ2n) is 3.30. The van der Waals surface area contributed by atoms with E-state index in [0.717, 1.165) is 0 Å². The molecular weight excluding hydrogens is 308 g/mol. The number of halogens is 2. The average molecular weight is 320 g/mol. The second kappa shape index (κ2) is 6.73. The van der Waals surface area contributed by atoms with Crippen LogP contribution < -0.4 is 4.90 Å². The van der Waals surface area contributed by atoms with Gasteiger partial charge in [0.15, 0.2) is 0 Å². The zero-order valence-electron chi connectivity index (χ0n) is 8.67. The summed E-state index contributed by atoms with van der Waals surface area (Å²) in [6.45, 7) is 0. The molecule has 79 valence electrons. The zero-order valence-corrected chi connectivity index (χ0v) is 12.6. The third-order valence-corrected chi connectivity index (χ3v) is 2.14. The summed E-state index contributed by atoms with van der Waals surface area (Å²) < 4.78 is 0. The van der Waals surface area contributed by atoms with E-state index in [2.05, 4.69) is 55.8 Å². The van der Waals surface area contributed by atoms with Gasteiger partial charge in [0.05, 0.1) is 0 Å². The summed E-state index contributed by atoms with van der Waals surface area (Å²) >= 11 is -0.826. The van der Waals surface area contributed by atoms with E-state index < -0.39 is 20.8 Å². The van der Waals surface area contributed by atoms with Crippen molar-refractivity contribution in [3.8, 4) is 0 Å². The van der Waals surface area contributed by atoms with Gasteiger partial charge in [-0.1, -0.05) is 18.2 Å². The summed E-state index contributed by atoms with van der Waals surface area (Å²) in [5, 5.41) is 0. The molecule has 1 aromatic rings. The second-order valence-corrected chi connectivity index (χ2v) is 7.04. The van der Waals surface area contributed by atoms with E-state index >= 15 is 0 Å². The van der Waals surface area contributed by atoms with E-state index in [1.807, 2.05) is 0 Å². The fourth-order valence-corrected chi connectivity index (χ4v) is 1.39. The van der Waals surface area contributed by atoms with Crippen molar-refractivity contribution in [2.24, 2.45) is 0 Å². The zero-order chi connectivity index (χ0) is 11.3. The van der Waals surface area contributed by atoms with Crippen molar-refractivity contribution in [3.05, 3.63) is 41.8 Å². The Bertz CT molecular complexity index is 350. The van der Waals surface area contributed by atoms with Gasteiger partial charge in [-0.05, 0) is 23.3 Å². The van der Waals surface area contributed by atoms with Crippen LogP contribution in [0.5, 0.6) is 0 Å². The van der Waals surface area contributed by atoms with Gasteiger partial charge in [-0.2, -0.15) is 0 Å². The number of anilines is 1. The molecule has 0 aromatic heterocycles. The van der Waals surface area contributed by atoms with Gasteiger partial charge < -0.3 is 4.90 Å². The Labute approximate surface area is 110 Å². The Morgan fingerprint density at radius 3 is 2.40 bits per heavy atom. The number of allylic oxidation sites excluding steroid dienone is 1. The molecule has 0 fully saturated rings. The van der Waals surface area contributed by atoms with Gasteiger partial charge >= 0.3 is 37.9 Å². The summed E-state index contributed by atoms with van der Waals surface area (Å²) in [6.07, 6.45) is 6.36. The summed E-state index contributed by atoms with van der Waals surface area (Å²) in [6, 6.07) is 6.50. The standard InChI is InChI=1S/C11H12N.2ClH.Zr/c1-12(2)11-7-6-9-4-3-5-10(9)8-11;;;/h3-8H,1-2H3;2*1H;/q;;;+2/p-2. The molecule has 15 heavy (non-hydrogen) atoms. The first kappa shape index (κ1) is 13.3. The normalized spacial score (nSPS) is 11.5. The molecule has 0 amide bonds. The van der Waals surface area contributed by atoms with Crippen molar-refractivity contribution in [1.29, 1.82) is 0 Å². The quantitative estimate of drug-likeness (QED) is 0.762. The minimum absolute atomic E-state index is 0.826. The van der Waals surface area contributed by atoms with Crippen LogP contribution in [0.1, 0.15) is 11.1 Å². The first-order valence-electron chi connectivity index (χ1n) is 4.48. The number of rotatable bonds is 1. The molecule has 2 rings (SSSR count). The van der Waals surface area contributed by atoms with E-state index in [9.17, 15) is 0 Å². The molecule has 0 heterocycles. The Kier molecular flexibility index (Phi) is 5.96. The summed E-state index contributed by atoms with van der Waals surface area (Å²) in [5.74, 6) is 0. The van der Waals surface area contributed by atoms with Crippen LogP contribution in [0.2, 0.25) is 0 Å². The third kappa shape index (κ3) is 3.94. The summed E-state index contributed by atoms with van der Waals surface area (Å²) in [7, 11) is 14.0. The van der Waals surface area contributed by atoms with Gasteiger partial charge in [-0.3, -0.25) is 0 Å². The van der Waals surface area contributed by atoms with Gasteiger partial charge in [-0.25, -0.2) is 0 Å². The minimum atomic E-state index is -0.826. The van der Waals surface area contributed by atoms with Crippen LogP contribution >= 0.6 is 17.0 Å². The molecule has 1 aliphatic rings. The molecule has 1 aromatic carbocycles. The molecule has 0 N–H and O–H groups in total. The van der Waals surface area contributed by atoms with Crippen molar-refractivity contribution < 1.29 is 20.8 Å². The van der Waals surface area contributed by atoms with Crippen LogP contribution in [-0.4, -0.2) is 14.1 Å². The number of fused-ring (bicyclic) bond motifs is 1. The molecule has 1 aliphatic carbocycles. The van der Waals surface area contributed by atoms with Gasteiger partial charge in [0.1, 0.15) is 0 Å². The van der Waals surface area contributed by atoms with Gasteiger partial charge in [0, 0.05) is 26.2 Å². The Morgan fingerprint density at radius 2 is 1.80 bits per heavy atom. The number of hydrogen-bond acceptors (Lipinski definition) is 1. The Morgan fingerprint density at radius 1 is 1.13 bits per heavy atom. The molecule has 4 heteroatoms. The predicted octanol–water partition coefficient (Wildman–Crippen LogP) is 3.71. The van der Waals surface area contributed by atoms with Crippen LogP contribution in [0.25, 0.3) is 6.08 Å². The SMILES string of the molecule is CN(C)c1ccc2c(c1)C=C[CH]2.[Cl][Zr][Cl]. The molecule has 0 atom stereocenters. The van der Waals surface area contributed by atoms with E-state index in [-0.39, 0.29) is 0 Å².